The van der Waals surface area contributed by atoms with Crippen LogP contribution in [0.1, 0.15) is 47.0 Å². The Labute approximate surface area is 117 Å². The van der Waals surface area contributed by atoms with Gasteiger partial charge in [0.15, 0.2) is 0 Å². The number of rotatable bonds is 5. The summed E-state index contributed by atoms with van der Waals surface area (Å²) in [5.74, 6) is 0.103. The molecule has 112 valence electrons. The molecular weight excluding hydrogens is 240 g/mol. The molecule has 0 bridgehead atoms. The number of aliphatic hydroxyl groups is 1. The number of amides is 1. The molecule has 1 fully saturated rings. The van der Waals surface area contributed by atoms with Crippen LogP contribution in [0.25, 0.3) is 0 Å². The van der Waals surface area contributed by atoms with E-state index in [4.69, 9.17) is 0 Å². The van der Waals surface area contributed by atoms with Crippen LogP contribution in [0.15, 0.2) is 0 Å². The highest BCUT2D eigenvalue weighted by Crippen LogP contribution is 2.28. The normalized spacial score (nSPS) is 25.3. The molecule has 0 spiro atoms. The first-order valence-corrected chi connectivity index (χ1v) is 7.34. The van der Waals surface area contributed by atoms with E-state index in [-0.39, 0.29) is 23.3 Å². The van der Waals surface area contributed by atoms with E-state index < -0.39 is 0 Å². The summed E-state index contributed by atoms with van der Waals surface area (Å²) in [6, 6.07) is 0. The molecule has 1 aliphatic rings. The van der Waals surface area contributed by atoms with Gasteiger partial charge in [0, 0.05) is 25.1 Å². The van der Waals surface area contributed by atoms with Gasteiger partial charge < -0.3 is 10.4 Å². The number of carbonyl (C=O) groups is 1. The molecule has 0 aliphatic carbocycles. The lowest BCUT2D eigenvalue weighted by atomic mass is 9.83. The minimum absolute atomic E-state index is 0.0378. The molecule has 4 heteroatoms. The lowest BCUT2D eigenvalue weighted by Gasteiger charge is -2.38. The summed E-state index contributed by atoms with van der Waals surface area (Å²) in [5, 5.41) is 12.4. The standard InChI is InChI=1S/C15H30N2O2/c1-14(2,3)7-8-16-13(19)10-17-9-5-6-15(4,11-17)12-18/h18H,5-12H2,1-4H3,(H,16,19). The summed E-state index contributed by atoms with van der Waals surface area (Å²) in [5.41, 5.74) is 0.220. The summed E-state index contributed by atoms with van der Waals surface area (Å²) < 4.78 is 0. The maximum atomic E-state index is 11.9. The minimum atomic E-state index is -0.0378. The van der Waals surface area contributed by atoms with Crippen molar-refractivity contribution >= 4 is 5.91 Å². The van der Waals surface area contributed by atoms with Crippen molar-refractivity contribution in [3.63, 3.8) is 0 Å². The second-order valence-corrected chi connectivity index (χ2v) is 7.44. The first kappa shape index (κ1) is 16.4. The zero-order valence-electron chi connectivity index (χ0n) is 13.0. The van der Waals surface area contributed by atoms with E-state index in [1.807, 2.05) is 0 Å². The largest absolute Gasteiger partial charge is 0.396 e. The average Bonchev–Trinajstić information content (AvgIpc) is 2.27. The Morgan fingerprint density at radius 1 is 1.42 bits per heavy atom. The van der Waals surface area contributed by atoms with Crippen LogP contribution >= 0.6 is 0 Å². The third-order valence-corrected chi connectivity index (χ3v) is 3.81. The van der Waals surface area contributed by atoms with Gasteiger partial charge >= 0.3 is 0 Å². The van der Waals surface area contributed by atoms with Crippen LogP contribution in [-0.2, 0) is 4.79 Å². The van der Waals surface area contributed by atoms with Crippen molar-refractivity contribution in [3.8, 4) is 0 Å². The van der Waals surface area contributed by atoms with Crippen LogP contribution in [0, 0.1) is 10.8 Å². The smallest absolute Gasteiger partial charge is 0.234 e. The first-order chi connectivity index (χ1) is 8.74. The Morgan fingerprint density at radius 2 is 2.11 bits per heavy atom. The number of hydrogen-bond donors (Lipinski definition) is 2. The van der Waals surface area contributed by atoms with Gasteiger partial charge in [0.2, 0.25) is 5.91 Å². The van der Waals surface area contributed by atoms with E-state index in [9.17, 15) is 9.90 Å². The van der Waals surface area contributed by atoms with Crippen molar-refractivity contribution in [1.29, 1.82) is 0 Å². The van der Waals surface area contributed by atoms with Crippen LogP contribution in [0.2, 0.25) is 0 Å². The number of likely N-dealkylation sites (tertiary alicyclic amines) is 1. The Balaban J connectivity index is 2.28. The molecule has 1 unspecified atom stereocenters. The number of aliphatic hydroxyl groups excluding tert-OH is 1. The predicted octanol–water partition coefficient (Wildman–Crippen LogP) is 1.63. The van der Waals surface area contributed by atoms with E-state index in [1.54, 1.807) is 0 Å². The summed E-state index contributed by atoms with van der Waals surface area (Å²) in [7, 11) is 0. The van der Waals surface area contributed by atoms with Crippen LogP contribution < -0.4 is 5.32 Å². The highest BCUT2D eigenvalue weighted by atomic mass is 16.3. The molecule has 1 saturated heterocycles. The van der Waals surface area contributed by atoms with Crippen molar-refractivity contribution in [2.24, 2.45) is 10.8 Å². The van der Waals surface area contributed by atoms with Gasteiger partial charge in [-0.2, -0.15) is 0 Å². The van der Waals surface area contributed by atoms with Gasteiger partial charge in [-0.25, -0.2) is 0 Å². The fourth-order valence-corrected chi connectivity index (χ4v) is 2.53. The van der Waals surface area contributed by atoms with Crippen LogP contribution in [0.3, 0.4) is 0 Å². The second-order valence-electron chi connectivity index (χ2n) is 7.44. The zero-order chi connectivity index (χ0) is 14.5. The van der Waals surface area contributed by atoms with Gasteiger partial charge in [0.1, 0.15) is 0 Å². The van der Waals surface area contributed by atoms with Gasteiger partial charge in [0.25, 0.3) is 0 Å². The topological polar surface area (TPSA) is 52.6 Å². The predicted molar refractivity (Wildman–Crippen MR) is 77.9 cm³/mol. The number of piperidine rings is 1. The molecule has 1 amide bonds. The molecular formula is C15H30N2O2. The summed E-state index contributed by atoms with van der Waals surface area (Å²) in [6.07, 6.45) is 3.10. The van der Waals surface area contributed by atoms with Gasteiger partial charge in [-0.05, 0) is 31.2 Å². The fraction of sp³-hybridized carbons (Fsp3) is 0.933. The molecule has 0 aromatic heterocycles. The van der Waals surface area contributed by atoms with E-state index in [0.29, 0.717) is 6.54 Å². The molecule has 19 heavy (non-hydrogen) atoms. The van der Waals surface area contributed by atoms with Crippen LogP contribution in [-0.4, -0.2) is 48.7 Å². The number of carbonyl (C=O) groups excluding carboxylic acids is 1. The third-order valence-electron chi connectivity index (χ3n) is 3.81. The highest BCUT2D eigenvalue weighted by molar-refractivity contribution is 5.78. The van der Waals surface area contributed by atoms with Crippen molar-refractivity contribution in [3.05, 3.63) is 0 Å². The molecule has 1 atom stereocenters. The maximum absolute atomic E-state index is 11.9. The molecule has 1 rings (SSSR count). The molecule has 0 aromatic rings. The molecule has 4 nitrogen and oxygen atoms in total. The van der Waals surface area contributed by atoms with Crippen molar-refractivity contribution < 1.29 is 9.90 Å². The van der Waals surface area contributed by atoms with E-state index >= 15 is 0 Å². The molecule has 2 N–H and O–H groups in total. The van der Waals surface area contributed by atoms with E-state index in [0.717, 1.165) is 38.9 Å². The van der Waals surface area contributed by atoms with Gasteiger partial charge in [-0.3, -0.25) is 9.69 Å². The lowest BCUT2D eigenvalue weighted by Crippen LogP contribution is -2.47. The van der Waals surface area contributed by atoms with Gasteiger partial charge in [0.05, 0.1) is 6.54 Å². The van der Waals surface area contributed by atoms with E-state index in [2.05, 4.69) is 37.9 Å². The summed E-state index contributed by atoms with van der Waals surface area (Å²) >= 11 is 0. The summed E-state index contributed by atoms with van der Waals surface area (Å²) in [4.78, 5) is 14.0. The number of nitrogens with one attached hydrogen (secondary N) is 1. The Hall–Kier alpha value is -0.610. The minimum Gasteiger partial charge on any atom is -0.396 e. The maximum Gasteiger partial charge on any atom is 0.234 e. The third kappa shape index (κ3) is 6.39. The van der Waals surface area contributed by atoms with Crippen LogP contribution in [0.5, 0.6) is 0 Å². The molecule has 0 aromatic carbocycles. The molecule has 0 saturated carbocycles. The fourth-order valence-electron chi connectivity index (χ4n) is 2.53. The second kappa shape index (κ2) is 6.71. The van der Waals surface area contributed by atoms with Gasteiger partial charge in [-0.15, -0.1) is 0 Å². The monoisotopic (exact) mass is 270 g/mol. The van der Waals surface area contributed by atoms with Crippen LogP contribution in [0.4, 0.5) is 0 Å². The quantitative estimate of drug-likeness (QED) is 0.798. The molecule has 1 heterocycles. The van der Waals surface area contributed by atoms with Crippen molar-refractivity contribution in [2.75, 3.05) is 32.8 Å². The SMILES string of the molecule is CC(C)(C)CCNC(=O)CN1CCCC(C)(CO)C1. The first-order valence-electron chi connectivity index (χ1n) is 7.34. The Kier molecular flexibility index (Phi) is 5.81. The Morgan fingerprint density at radius 3 is 2.68 bits per heavy atom. The number of nitrogens with zero attached hydrogens (tertiary/aromatic N) is 1. The summed E-state index contributed by atoms with van der Waals surface area (Å²) in [6.45, 7) is 11.8. The van der Waals surface area contributed by atoms with E-state index in [1.165, 1.54) is 0 Å². The zero-order valence-corrected chi connectivity index (χ0v) is 13.0. The number of hydrogen-bond acceptors (Lipinski definition) is 3. The highest BCUT2D eigenvalue weighted by Gasteiger charge is 2.30. The van der Waals surface area contributed by atoms with Crippen molar-refractivity contribution in [1.82, 2.24) is 10.2 Å². The van der Waals surface area contributed by atoms with Gasteiger partial charge in [-0.1, -0.05) is 27.7 Å². The Bertz CT molecular complexity index is 299. The average molecular weight is 270 g/mol. The van der Waals surface area contributed by atoms with Crippen molar-refractivity contribution in [2.45, 2.75) is 47.0 Å². The lowest BCUT2D eigenvalue weighted by molar-refractivity contribution is -0.123. The molecule has 1 aliphatic heterocycles. The molecule has 0 radical (unpaired) electrons.